The van der Waals surface area contributed by atoms with Gasteiger partial charge in [-0.05, 0) is 36.5 Å². The summed E-state index contributed by atoms with van der Waals surface area (Å²) in [7, 11) is 0. The maximum atomic E-state index is 7.31. The second-order valence-corrected chi connectivity index (χ2v) is 4.17. The molecule has 2 rings (SSSR count). The van der Waals surface area contributed by atoms with E-state index in [9.17, 15) is 0 Å². The van der Waals surface area contributed by atoms with Crippen LogP contribution in [0.15, 0.2) is 12.1 Å². The van der Waals surface area contributed by atoms with Gasteiger partial charge >= 0.3 is 0 Å². The maximum absolute atomic E-state index is 7.31. The molecule has 0 saturated heterocycles. The number of hydrogen-bond donors (Lipinski definition) is 0. The van der Waals surface area contributed by atoms with E-state index in [4.69, 9.17) is 2.74 Å². The normalized spacial score (nSPS) is 46.7. The summed E-state index contributed by atoms with van der Waals surface area (Å²) in [6, 6.07) is 0. The van der Waals surface area contributed by atoms with Gasteiger partial charge in [-0.1, -0.05) is 26.0 Å². The second kappa shape index (κ2) is 1.66. The summed E-state index contributed by atoms with van der Waals surface area (Å²) in [6.07, 6.45) is 3.50. The lowest BCUT2D eigenvalue weighted by Crippen LogP contribution is -2.07. The van der Waals surface area contributed by atoms with E-state index in [1.807, 2.05) is 0 Å². The largest absolute Gasteiger partial charge is 0.0996 e. The molecule has 2 aliphatic rings. The third-order valence-electron chi connectivity index (χ3n) is 3.55. The zero-order valence-corrected chi connectivity index (χ0v) is 6.78. The van der Waals surface area contributed by atoms with Crippen LogP contribution in [0.3, 0.4) is 0 Å². The van der Waals surface area contributed by atoms with Gasteiger partial charge in [0.05, 0.1) is 2.74 Å². The molecule has 0 nitrogen and oxygen atoms in total. The highest BCUT2D eigenvalue weighted by Gasteiger charge is 2.59. The van der Waals surface area contributed by atoms with E-state index in [2.05, 4.69) is 13.8 Å². The van der Waals surface area contributed by atoms with Gasteiger partial charge in [-0.25, -0.2) is 0 Å². The van der Waals surface area contributed by atoms with Crippen LogP contribution in [0, 0.1) is 17.3 Å². The third kappa shape index (κ3) is 0.574. The molecule has 0 spiro atoms. The first kappa shape index (κ1) is 4.58. The van der Waals surface area contributed by atoms with Crippen LogP contribution in [0.1, 0.15) is 35.9 Å². The average Bonchev–Trinajstić information content (AvgIpc) is 2.58. The number of allylic oxidation sites excluding steroid dienone is 1. The van der Waals surface area contributed by atoms with Gasteiger partial charge in [-0.2, -0.15) is 0 Å². The first-order valence-electron chi connectivity index (χ1n) is 5.24. The second-order valence-electron chi connectivity index (χ2n) is 4.17. The quantitative estimate of drug-likeness (QED) is 0.387. The SMILES string of the molecule is [2H][13C]([2H])=C1CCC2(C(C)C)CC12. The Hall–Kier alpha value is -0.260. The van der Waals surface area contributed by atoms with Crippen LogP contribution in [0.2, 0.25) is 0 Å². The first-order valence-corrected chi connectivity index (χ1v) is 4.24. The summed E-state index contributed by atoms with van der Waals surface area (Å²) >= 11 is 0. The van der Waals surface area contributed by atoms with E-state index in [0.717, 1.165) is 17.9 Å². The molecule has 0 aromatic heterocycles. The fraction of sp³-hybridized carbons (Fsp3) is 0.800. The molecule has 0 amide bonds. The molecule has 2 fully saturated rings. The smallest absolute Gasteiger partial charge is 0.0537 e. The van der Waals surface area contributed by atoms with Crippen molar-refractivity contribution >= 4 is 0 Å². The molecule has 2 unspecified atom stereocenters. The van der Waals surface area contributed by atoms with Gasteiger partial charge in [0.25, 0.3) is 0 Å². The van der Waals surface area contributed by atoms with Gasteiger partial charge in [-0.3, -0.25) is 0 Å². The van der Waals surface area contributed by atoms with Crippen LogP contribution in [0.25, 0.3) is 0 Å². The van der Waals surface area contributed by atoms with Gasteiger partial charge in [0.1, 0.15) is 0 Å². The molecule has 56 valence electrons. The predicted molar refractivity (Wildman–Crippen MR) is 43.8 cm³/mol. The lowest BCUT2D eigenvalue weighted by Gasteiger charge is -2.15. The van der Waals surface area contributed by atoms with Crippen LogP contribution >= 0.6 is 0 Å². The summed E-state index contributed by atoms with van der Waals surface area (Å²) in [4.78, 5) is 0. The van der Waals surface area contributed by atoms with Crippen LogP contribution < -0.4 is 0 Å². The predicted octanol–water partition coefficient (Wildman–Crippen LogP) is 3.00. The minimum Gasteiger partial charge on any atom is -0.0996 e. The van der Waals surface area contributed by atoms with E-state index >= 15 is 0 Å². The first-order chi connectivity index (χ1) is 5.58. The standard InChI is InChI=1S/C10H16/c1-7(2)10-5-4-8(3)9(10)6-10/h7,9H,3-6H2,1-2H3/i3+1D2. The molecule has 2 atom stereocenters. The third-order valence-corrected chi connectivity index (χ3v) is 3.55. The summed E-state index contributed by atoms with van der Waals surface area (Å²) < 4.78 is 14.6. The van der Waals surface area contributed by atoms with E-state index < -0.39 is 0 Å². The Morgan fingerprint density at radius 3 is 2.90 bits per heavy atom. The van der Waals surface area contributed by atoms with Crippen LogP contribution in [-0.2, 0) is 0 Å². The topological polar surface area (TPSA) is 0 Å². The van der Waals surface area contributed by atoms with Crippen LogP contribution in [0.4, 0.5) is 0 Å². The molecule has 10 heavy (non-hydrogen) atoms. The molecule has 0 aliphatic heterocycles. The Kier molecular flexibility index (Phi) is 0.763. The van der Waals surface area contributed by atoms with Crippen molar-refractivity contribution in [2.75, 3.05) is 0 Å². The van der Waals surface area contributed by atoms with E-state index in [1.54, 1.807) is 0 Å². The summed E-state index contributed by atoms with van der Waals surface area (Å²) in [6.45, 7) is 4.65. The molecule has 0 aromatic rings. The zero-order chi connectivity index (χ0) is 8.93. The Labute approximate surface area is 66.1 Å². The highest BCUT2D eigenvalue weighted by atomic mass is 14.6. The van der Waals surface area contributed by atoms with Crippen molar-refractivity contribution in [2.45, 2.75) is 33.1 Å². The van der Waals surface area contributed by atoms with E-state index in [0.29, 0.717) is 11.3 Å². The molecule has 0 aromatic carbocycles. The van der Waals surface area contributed by atoms with Gasteiger partial charge in [0.15, 0.2) is 0 Å². The molecular weight excluding hydrogens is 121 g/mol. The maximum Gasteiger partial charge on any atom is 0.0537 e. The molecule has 0 heteroatoms. The van der Waals surface area contributed by atoms with E-state index in [-0.39, 0.29) is 6.53 Å². The average molecular weight is 139 g/mol. The molecule has 2 aliphatic carbocycles. The van der Waals surface area contributed by atoms with Gasteiger partial charge in [0.2, 0.25) is 0 Å². The summed E-state index contributed by atoms with van der Waals surface area (Å²) in [5, 5.41) is 0. The van der Waals surface area contributed by atoms with Crippen molar-refractivity contribution in [1.82, 2.24) is 0 Å². The van der Waals surface area contributed by atoms with Crippen LogP contribution in [0.5, 0.6) is 0 Å². The number of hydrogen-bond acceptors (Lipinski definition) is 0. The number of fused-ring (bicyclic) bond motifs is 1. The van der Waals surface area contributed by atoms with Gasteiger partial charge in [0, 0.05) is 0 Å². The highest BCUT2D eigenvalue weighted by Crippen LogP contribution is 2.69. The molecule has 0 bridgehead atoms. The summed E-state index contributed by atoms with van der Waals surface area (Å²) in [5.41, 5.74) is 1.64. The molecule has 0 N–H and O–H groups in total. The fourth-order valence-electron chi connectivity index (χ4n) is 2.54. The van der Waals surface area contributed by atoms with Crippen molar-refractivity contribution < 1.29 is 2.74 Å². The Morgan fingerprint density at radius 2 is 2.60 bits per heavy atom. The van der Waals surface area contributed by atoms with Crippen molar-refractivity contribution in [3.05, 3.63) is 12.1 Å². The Balaban J connectivity index is 2.21. The van der Waals surface area contributed by atoms with Crippen molar-refractivity contribution in [3.63, 3.8) is 0 Å². The van der Waals surface area contributed by atoms with E-state index in [1.165, 1.54) is 12.8 Å². The summed E-state index contributed by atoms with van der Waals surface area (Å²) in [5.74, 6) is 1.35. The molecular formula is C10H16. The van der Waals surface area contributed by atoms with Gasteiger partial charge in [-0.15, -0.1) is 0 Å². The minimum atomic E-state index is 0.0972. The van der Waals surface area contributed by atoms with Gasteiger partial charge < -0.3 is 0 Å². The Bertz CT molecular complexity index is 238. The molecule has 2 saturated carbocycles. The Morgan fingerprint density at radius 1 is 1.80 bits per heavy atom. The monoisotopic (exact) mass is 139 g/mol. The minimum absolute atomic E-state index is 0.0972. The highest BCUT2D eigenvalue weighted by molar-refractivity contribution is 5.26. The van der Waals surface area contributed by atoms with Crippen molar-refractivity contribution in [3.8, 4) is 0 Å². The van der Waals surface area contributed by atoms with Crippen LogP contribution in [-0.4, -0.2) is 0 Å². The molecule has 0 radical (unpaired) electrons. The zero-order valence-electron chi connectivity index (χ0n) is 8.78. The fourth-order valence-corrected chi connectivity index (χ4v) is 2.54. The lowest BCUT2D eigenvalue weighted by atomic mass is 9.90. The number of rotatable bonds is 1. The molecule has 0 heterocycles. The lowest BCUT2D eigenvalue weighted by molar-refractivity contribution is 0.344. The van der Waals surface area contributed by atoms with Crippen molar-refractivity contribution in [1.29, 1.82) is 0 Å². The van der Waals surface area contributed by atoms with Crippen molar-refractivity contribution in [2.24, 2.45) is 17.3 Å².